The molecule has 152 valence electrons. The number of aliphatic imine (C=N–C) groups is 1. The van der Waals surface area contributed by atoms with E-state index < -0.39 is 14.8 Å². The SMILES string of the molecule is COc1ccccc1N1C(SCc2ccc([N+](=O)[O-])cc2)=N[C@@H]2CS(=O)(=O)C[C@@H]21. The lowest BCUT2D eigenvalue weighted by Crippen LogP contribution is -2.39. The van der Waals surface area contributed by atoms with Crippen LogP contribution in [0.2, 0.25) is 0 Å². The molecule has 4 rings (SSSR count). The number of nitrogens with zero attached hydrogens (tertiary/aromatic N) is 3. The first-order chi connectivity index (χ1) is 13.9. The number of sulfone groups is 1. The van der Waals surface area contributed by atoms with Crippen LogP contribution in [0.5, 0.6) is 5.75 Å². The van der Waals surface area contributed by atoms with Gasteiger partial charge in [-0.3, -0.25) is 15.1 Å². The molecule has 29 heavy (non-hydrogen) atoms. The lowest BCUT2D eigenvalue weighted by molar-refractivity contribution is -0.384. The number of hydrogen-bond donors (Lipinski definition) is 0. The number of rotatable bonds is 5. The van der Waals surface area contributed by atoms with Gasteiger partial charge in [0.05, 0.1) is 41.3 Å². The predicted octanol–water partition coefficient (Wildman–Crippen LogP) is 2.88. The lowest BCUT2D eigenvalue weighted by Gasteiger charge is -2.27. The Kier molecular flexibility index (Phi) is 5.22. The topological polar surface area (TPSA) is 102 Å². The first kappa shape index (κ1) is 19.7. The summed E-state index contributed by atoms with van der Waals surface area (Å²) in [5, 5.41) is 11.6. The second-order valence-electron chi connectivity index (χ2n) is 6.88. The molecule has 2 aliphatic heterocycles. The molecule has 1 fully saturated rings. The van der Waals surface area contributed by atoms with Crippen LogP contribution in [0.1, 0.15) is 5.56 Å². The van der Waals surface area contributed by atoms with E-state index in [2.05, 4.69) is 0 Å². The highest BCUT2D eigenvalue weighted by Crippen LogP contribution is 2.39. The molecule has 8 nitrogen and oxygen atoms in total. The van der Waals surface area contributed by atoms with Crippen molar-refractivity contribution in [1.29, 1.82) is 0 Å². The fourth-order valence-electron chi connectivity index (χ4n) is 3.61. The van der Waals surface area contributed by atoms with Crippen LogP contribution in [0.15, 0.2) is 53.5 Å². The number of amidine groups is 1. The summed E-state index contributed by atoms with van der Waals surface area (Å²) in [5.74, 6) is 1.32. The zero-order valence-electron chi connectivity index (χ0n) is 15.6. The maximum atomic E-state index is 12.2. The standard InChI is InChI=1S/C19H19N3O5S2/c1-27-18-5-3-2-4-16(18)21-17-12-29(25,26)11-15(17)20-19(21)28-10-13-6-8-14(9-7-13)22(23)24/h2-9,15,17H,10-12H2,1H3/t15-,17+/m1/s1. The van der Waals surface area contributed by atoms with Crippen LogP contribution in [0.3, 0.4) is 0 Å². The molecule has 2 atom stereocenters. The van der Waals surface area contributed by atoms with E-state index in [1.165, 1.54) is 23.9 Å². The van der Waals surface area contributed by atoms with Crippen molar-refractivity contribution < 1.29 is 18.1 Å². The summed E-state index contributed by atoms with van der Waals surface area (Å²) >= 11 is 1.49. The molecule has 0 spiro atoms. The second kappa shape index (κ2) is 7.68. The van der Waals surface area contributed by atoms with E-state index in [-0.39, 0.29) is 29.3 Å². The summed E-state index contributed by atoms with van der Waals surface area (Å²) < 4.78 is 29.8. The molecule has 0 amide bonds. The molecule has 2 heterocycles. The van der Waals surface area contributed by atoms with Crippen molar-refractivity contribution in [3.63, 3.8) is 0 Å². The first-order valence-electron chi connectivity index (χ1n) is 8.94. The molecule has 0 N–H and O–H groups in total. The number of benzene rings is 2. The first-order valence-corrected chi connectivity index (χ1v) is 11.8. The van der Waals surface area contributed by atoms with Crippen molar-refractivity contribution in [3.8, 4) is 5.75 Å². The molecule has 0 saturated carbocycles. The molecule has 0 aromatic heterocycles. The van der Waals surface area contributed by atoms with Gasteiger partial charge in [-0.2, -0.15) is 0 Å². The summed E-state index contributed by atoms with van der Waals surface area (Å²) in [7, 11) is -1.55. The number of fused-ring (bicyclic) bond motifs is 1. The van der Waals surface area contributed by atoms with E-state index in [0.29, 0.717) is 11.5 Å². The van der Waals surface area contributed by atoms with Crippen LogP contribution < -0.4 is 9.64 Å². The Morgan fingerprint density at radius 2 is 1.93 bits per heavy atom. The number of non-ortho nitro benzene ring substituents is 1. The highest BCUT2D eigenvalue weighted by atomic mass is 32.2. The van der Waals surface area contributed by atoms with Crippen LogP contribution in [0.25, 0.3) is 0 Å². The maximum absolute atomic E-state index is 12.2. The normalized spacial score (nSPS) is 22.2. The van der Waals surface area contributed by atoms with E-state index in [4.69, 9.17) is 9.73 Å². The van der Waals surface area contributed by atoms with Gasteiger partial charge >= 0.3 is 0 Å². The van der Waals surface area contributed by atoms with Gasteiger partial charge in [0.1, 0.15) is 5.75 Å². The average molecular weight is 434 g/mol. The van der Waals surface area contributed by atoms with Gasteiger partial charge in [0, 0.05) is 17.9 Å². The third kappa shape index (κ3) is 3.95. The zero-order valence-corrected chi connectivity index (χ0v) is 17.2. The molecule has 0 bridgehead atoms. The molecule has 0 radical (unpaired) electrons. The minimum Gasteiger partial charge on any atom is -0.495 e. The number of ether oxygens (including phenoxy) is 1. The number of thioether (sulfide) groups is 1. The van der Waals surface area contributed by atoms with Crippen LogP contribution in [-0.2, 0) is 15.6 Å². The third-order valence-corrected chi connectivity index (χ3v) is 7.70. The maximum Gasteiger partial charge on any atom is 0.269 e. The molecule has 2 aromatic rings. The summed E-state index contributed by atoms with van der Waals surface area (Å²) in [6, 6.07) is 13.3. The quantitative estimate of drug-likeness (QED) is 0.528. The Labute approximate surface area is 172 Å². The van der Waals surface area contributed by atoms with E-state index >= 15 is 0 Å². The zero-order chi connectivity index (χ0) is 20.6. The Morgan fingerprint density at radius 1 is 1.21 bits per heavy atom. The molecule has 10 heteroatoms. The Bertz CT molecular complexity index is 1070. The monoisotopic (exact) mass is 433 g/mol. The molecule has 0 unspecified atom stereocenters. The van der Waals surface area contributed by atoms with Gasteiger partial charge in [0.2, 0.25) is 0 Å². The van der Waals surface area contributed by atoms with Crippen LogP contribution in [0.4, 0.5) is 11.4 Å². The largest absolute Gasteiger partial charge is 0.495 e. The molecular weight excluding hydrogens is 414 g/mol. The summed E-state index contributed by atoms with van der Waals surface area (Å²) in [6.07, 6.45) is 0. The fraction of sp³-hybridized carbons (Fsp3) is 0.316. The number of para-hydroxylation sites is 2. The van der Waals surface area contributed by atoms with Gasteiger partial charge in [-0.1, -0.05) is 36.0 Å². The van der Waals surface area contributed by atoms with E-state index in [1.807, 2.05) is 29.2 Å². The van der Waals surface area contributed by atoms with Gasteiger partial charge in [-0.05, 0) is 17.7 Å². The average Bonchev–Trinajstić information content (AvgIpc) is 3.17. The van der Waals surface area contributed by atoms with Crippen molar-refractivity contribution in [3.05, 3.63) is 64.2 Å². The van der Waals surface area contributed by atoms with Crippen molar-refractivity contribution in [1.82, 2.24) is 0 Å². The van der Waals surface area contributed by atoms with Crippen molar-refractivity contribution in [2.45, 2.75) is 17.8 Å². The Morgan fingerprint density at radius 3 is 2.62 bits per heavy atom. The van der Waals surface area contributed by atoms with Gasteiger partial charge in [-0.25, -0.2) is 8.42 Å². The molecule has 2 aliphatic rings. The van der Waals surface area contributed by atoms with Gasteiger partial charge in [0.15, 0.2) is 15.0 Å². The van der Waals surface area contributed by atoms with Gasteiger partial charge < -0.3 is 9.64 Å². The van der Waals surface area contributed by atoms with E-state index in [9.17, 15) is 18.5 Å². The van der Waals surface area contributed by atoms with Crippen molar-refractivity contribution in [2.75, 3.05) is 23.5 Å². The van der Waals surface area contributed by atoms with Crippen molar-refractivity contribution >= 4 is 38.1 Å². The minimum absolute atomic E-state index is 0.0465. The third-order valence-electron chi connectivity index (χ3n) is 4.97. The number of nitro benzene ring substituents is 1. The Balaban J connectivity index is 1.61. The van der Waals surface area contributed by atoms with Gasteiger partial charge in [-0.15, -0.1) is 0 Å². The summed E-state index contributed by atoms with van der Waals surface area (Å²) in [4.78, 5) is 17.1. The van der Waals surface area contributed by atoms with E-state index in [0.717, 1.165) is 16.4 Å². The summed E-state index contributed by atoms with van der Waals surface area (Å²) in [5.41, 5.74) is 1.76. The smallest absolute Gasteiger partial charge is 0.269 e. The fourth-order valence-corrected chi connectivity index (χ4v) is 6.52. The minimum atomic E-state index is -3.13. The number of hydrogen-bond acceptors (Lipinski definition) is 8. The molecule has 0 aliphatic carbocycles. The van der Waals surface area contributed by atoms with Crippen LogP contribution in [0, 0.1) is 10.1 Å². The molecular formula is C19H19N3O5S2. The summed E-state index contributed by atoms with van der Waals surface area (Å²) in [6.45, 7) is 0. The highest BCUT2D eigenvalue weighted by molar-refractivity contribution is 8.13. The molecule has 2 aromatic carbocycles. The number of methoxy groups -OCH3 is 1. The van der Waals surface area contributed by atoms with E-state index in [1.54, 1.807) is 19.2 Å². The van der Waals surface area contributed by atoms with Crippen molar-refractivity contribution in [2.24, 2.45) is 4.99 Å². The van der Waals surface area contributed by atoms with Gasteiger partial charge in [0.25, 0.3) is 5.69 Å². The second-order valence-corrected chi connectivity index (χ2v) is 9.97. The number of nitro groups is 1. The highest BCUT2D eigenvalue weighted by Gasteiger charge is 2.47. The van der Waals surface area contributed by atoms with Crippen LogP contribution in [-0.4, -0.2) is 49.2 Å². The molecule has 1 saturated heterocycles. The predicted molar refractivity (Wildman–Crippen MR) is 114 cm³/mol. The van der Waals surface area contributed by atoms with Crippen LogP contribution >= 0.6 is 11.8 Å². The lowest BCUT2D eigenvalue weighted by atomic mass is 10.1. The Hall–Kier alpha value is -2.59. The number of anilines is 1.